The van der Waals surface area contributed by atoms with Gasteiger partial charge in [0.1, 0.15) is 0 Å². The van der Waals surface area contributed by atoms with Crippen LogP contribution in [0.25, 0.3) is 0 Å². The Balaban J connectivity index is 2.45. The van der Waals surface area contributed by atoms with Crippen LogP contribution >= 0.6 is 15.9 Å². The maximum absolute atomic E-state index is 13.1. The number of carbonyl (C=O) groups excluding carboxylic acids is 1. The lowest BCUT2D eigenvalue weighted by molar-refractivity contribution is 0.0599. The van der Waals surface area contributed by atoms with Crippen molar-refractivity contribution in [2.45, 2.75) is 30.7 Å². The molecule has 2 rings (SSSR count). The second kappa shape index (κ2) is 7.73. The Morgan fingerprint density at radius 2 is 2.08 bits per heavy atom. The number of hydrogen-bond acceptors (Lipinski definition) is 6. The van der Waals surface area contributed by atoms with Crippen molar-refractivity contribution >= 4 is 41.8 Å². The Labute approximate surface area is 156 Å². The van der Waals surface area contributed by atoms with Gasteiger partial charge in [-0.05, 0) is 47.0 Å². The van der Waals surface area contributed by atoms with Gasteiger partial charge in [0.15, 0.2) is 9.84 Å². The van der Waals surface area contributed by atoms with Gasteiger partial charge in [0.25, 0.3) is 0 Å². The lowest BCUT2D eigenvalue weighted by atomic mass is 10.2. The average molecular weight is 454 g/mol. The highest BCUT2D eigenvalue weighted by Gasteiger charge is 2.38. The number of hydrogen-bond donors (Lipinski definition) is 0. The van der Waals surface area contributed by atoms with Gasteiger partial charge in [0, 0.05) is 17.1 Å². The molecular weight excluding hydrogens is 434 g/mol. The van der Waals surface area contributed by atoms with Crippen molar-refractivity contribution in [3.8, 4) is 0 Å². The van der Waals surface area contributed by atoms with Crippen LogP contribution < -0.4 is 0 Å². The number of nitrogens with zero attached hydrogens (tertiary/aromatic N) is 1. The normalized spacial score (nSPS) is 19.9. The summed E-state index contributed by atoms with van der Waals surface area (Å²) < 4.78 is 55.9. The summed E-state index contributed by atoms with van der Waals surface area (Å²) in [4.78, 5) is 11.7. The zero-order valence-electron chi connectivity index (χ0n) is 13.9. The number of esters is 1. The Hall–Kier alpha value is -0.970. The van der Waals surface area contributed by atoms with Gasteiger partial charge in [-0.25, -0.2) is 21.6 Å². The number of methoxy groups -OCH3 is 1. The van der Waals surface area contributed by atoms with Crippen molar-refractivity contribution in [2.75, 3.05) is 25.2 Å². The first-order valence-corrected chi connectivity index (χ1v) is 11.8. The van der Waals surface area contributed by atoms with E-state index in [9.17, 15) is 21.6 Å². The lowest BCUT2D eigenvalue weighted by Gasteiger charge is -2.27. The molecule has 0 amide bonds. The predicted octanol–water partition coefficient (Wildman–Crippen LogP) is 1.82. The van der Waals surface area contributed by atoms with E-state index in [0.717, 1.165) is 0 Å². The molecule has 1 aromatic carbocycles. The Morgan fingerprint density at radius 3 is 2.60 bits per heavy atom. The molecule has 0 aliphatic carbocycles. The number of sulfone groups is 1. The third-order valence-corrected chi connectivity index (χ3v) is 8.40. The van der Waals surface area contributed by atoms with Crippen molar-refractivity contribution in [3.63, 3.8) is 0 Å². The summed E-state index contributed by atoms with van der Waals surface area (Å²) in [6.07, 6.45) is 0.831. The van der Waals surface area contributed by atoms with Crippen LogP contribution in [0.1, 0.15) is 30.1 Å². The second-order valence-electron chi connectivity index (χ2n) is 5.81. The number of sulfonamides is 1. The van der Waals surface area contributed by atoms with E-state index in [2.05, 4.69) is 20.7 Å². The predicted molar refractivity (Wildman–Crippen MR) is 96.7 cm³/mol. The minimum atomic E-state index is -3.94. The van der Waals surface area contributed by atoms with Gasteiger partial charge < -0.3 is 4.74 Å². The molecule has 1 aliphatic heterocycles. The van der Waals surface area contributed by atoms with Crippen LogP contribution in [-0.4, -0.2) is 58.3 Å². The van der Waals surface area contributed by atoms with Crippen LogP contribution in [0.4, 0.5) is 0 Å². The molecule has 0 radical (unpaired) electrons. The standard InChI is InChI=1S/C15H20BrNO6S2/c1-3-7-17(11-6-8-24(19,20)10-11)25(21,22)12-4-5-14(16)13(9-12)15(18)23-2/h4-5,9,11H,3,6-8,10H2,1-2H3. The van der Waals surface area contributed by atoms with Crippen molar-refractivity contribution in [1.82, 2.24) is 4.31 Å². The highest BCUT2D eigenvalue weighted by atomic mass is 79.9. The molecule has 0 spiro atoms. The van der Waals surface area contributed by atoms with E-state index in [1.54, 1.807) is 0 Å². The topological polar surface area (TPSA) is 97.8 Å². The summed E-state index contributed by atoms with van der Waals surface area (Å²) in [7, 11) is -5.95. The summed E-state index contributed by atoms with van der Waals surface area (Å²) in [6, 6.07) is 3.52. The van der Waals surface area contributed by atoms with Crippen molar-refractivity contribution in [3.05, 3.63) is 28.2 Å². The van der Waals surface area contributed by atoms with E-state index in [1.807, 2.05) is 6.92 Å². The van der Waals surface area contributed by atoms with E-state index in [-0.39, 0.29) is 34.9 Å². The van der Waals surface area contributed by atoms with Crippen molar-refractivity contribution < 1.29 is 26.4 Å². The number of halogens is 1. The van der Waals surface area contributed by atoms with Crippen LogP contribution in [0.2, 0.25) is 0 Å². The minimum Gasteiger partial charge on any atom is -0.465 e. The number of carbonyl (C=O) groups is 1. The smallest absolute Gasteiger partial charge is 0.339 e. The van der Waals surface area contributed by atoms with Crippen LogP contribution in [0, 0.1) is 0 Å². The molecule has 1 heterocycles. The van der Waals surface area contributed by atoms with Gasteiger partial charge in [0.05, 0.1) is 29.1 Å². The van der Waals surface area contributed by atoms with Crippen LogP contribution in [0.5, 0.6) is 0 Å². The van der Waals surface area contributed by atoms with E-state index in [0.29, 0.717) is 10.9 Å². The molecule has 140 valence electrons. The third kappa shape index (κ3) is 4.42. The molecule has 1 atom stereocenters. The molecule has 1 aromatic rings. The molecule has 0 N–H and O–H groups in total. The second-order valence-corrected chi connectivity index (χ2v) is 10.8. The van der Waals surface area contributed by atoms with Crippen LogP contribution in [0.3, 0.4) is 0 Å². The lowest BCUT2D eigenvalue weighted by Crippen LogP contribution is -2.41. The number of ether oxygens (including phenoxy) is 1. The Kier molecular flexibility index (Phi) is 6.29. The monoisotopic (exact) mass is 453 g/mol. The first-order chi connectivity index (χ1) is 11.6. The maximum Gasteiger partial charge on any atom is 0.339 e. The molecule has 10 heteroatoms. The maximum atomic E-state index is 13.1. The molecule has 0 bridgehead atoms. The van der Waals surface area contributed by atoms with Gasteiger partial charge in [-0.15, -0.1) is 0 Å². The highest BCUT2D eigenvalue weighted by Crippen LogP contribution is 2.28. The van der Waals surface area contributed by atoms with E-state index in [1.165, 1.54) is 29.6 Å². The first-order valence-electron chi connectivity index (χ1n) is 7.72. The van der Waals surface area contributed by atoms with Crippen LogP contribution in [0.15, 0.2) is 27.6 Å². The molecule has 1 unspecified atom stereocenters. The van der Waals surface area contributed by atoms with Gasteiger partial charge >= 0.3 is 5.97 Å². The van der Waals surface area contributed by atoms with Gasteiger partial charge in [-0.1, -0.05) is 6.92 Å². The van der Waals surface area contributed by atoms with Gasteiger partial charge in [-0.3, -0.25) is 0 Å². The van der Waals surface area contributed by atoms with Gasteiger partial charge in [0.2, 0.25) is 10.0 Å². The Morgan fingerprint density at radius 1 is 1.40 bits per heavy atom. The summed E-state index contributed by atoms with van der Waals surface area (Å²) in [5.74, 6) is -0.845. The fraction of sp³-hybridized carbons (Fsp3) is 0.533. The van der Waals surface area contributed by atoms with Crippen molar-refractivity contribution in [1.29, 1.82) is 0 Å². The number of benzene rings is 1. The molecule has 1 aliphatic rings. The number of rotatable bonds is 6. The quantitative estimate of drug-likeness (QED) is 0.609. The fourth-order valence-electron chi connectivity index (χ4n) is 2.79. The molecule has 0 aromatic heterocycles. The van der Waals surface area contributed by atoms with E-state index in [4.69, 9.17) is 0 Å². The van der Waals surface area contributed by atoms with Gasteiger partial charge in [-0.2, -0.15) is 4.31 Å². The van der Waals surface area contributed by atoms with E-state index < -0.39 is 31.9 Å². The molecule has 1 fully saturated rings. The summed E-state index contributed by atoms with van der Waals surface area (Å²) in [6.45, 7) is 2.04. The molecular formula is C15H20BrNO6S2. The third-order valence-electron chi connectivity index (χ3n) is 4.01. The van der Waals surface area contributed by atoms with Crippen LogP contribution in [-0.2, 0) is 24.6 Å². The molecule has 25 heavy (non-hydrogen) atoms. The molecule has 0 saturated carbocycles. The van der Waals surface area contributed by atoms with E-state index >= 15 is 0 Å². The molecule has 1 saturated heterocycles. The first kappa shape index (κ1) is 20.3. The summed E-state index contributed by atoms with van der Waals surface area (Å²) in [5, 5.41) is 0. The fourth-order valence-corrected chi connectivity index (χ4v) is 6.80. The van der Waals surface area contributed by atoms with Crippen molar-refractivity contribution in [2.24, 2.45) is 0 Å². The largest absolute Gasteiger partial charge is 0.465 e. The summed E-state index contributed by atoms with van der Waals surface area (Å²) in [5.41, 5.74) is 0.0964. The highest BCUT2D eigenvalue weighted by molar-refractivity contribution is 9.10. The Bertz CT molecular complexity index is 866. The summed E-state index contributed by atoms with van der Waals surface area (Å²) >= 11 is 3.20. The zero-order chi connectivity index (χ0) is 18.8. The zero-order valence-corrected chi connectivity index (χ0v) is 17.2. The minimum absolute atomic E-state index is 0.0127. The average Bonchev–Trinajstić information content (AvgIpc) is 2.91. The SMILES string of the molecule is CCCN(C1CCS(=O)(=O)C1)S(=O)(=O)c1ccc(Br)c(C(=O)OC)c1. The molecule has 7 nitrogen and oxygen atoms in total.